The molecular weight excluding hydrogens is 98.9 g/mol. The van der Waals surface area contributed by atoms with E-state index in [9.17, 15) is 0 Å². The molecule has 0 aliphatic heterocycles. The number of hydrogen-bond acceptors (Lipinski definition) is 1. The summed E-state index contributed by atoms with van der Waals surface area (Å²) in [6.07, 6.45) is 0. The summed E-state index contributed by atoms with van der Waals surface area (Å²) >= 11 is 0. The molecule has 0 aliphatic carbocycles. The van der Waals surface area contributed by atoms with Gasteiger partial charge in [0.05, 0.1) is 0 Å². The fourth-order valence-electron chi connectivity index (χ4n) is 0.545. The van der Waals surface area contributed by atoms with Crippen LogP contribution in [0.3, 0.4) is 0 Å². The maximum atomic E-state index is 8.76. The van der Waals surface area contributed by atoms with Crippen molar-refractivity contribution < 1.29 is 5.11 Å². The molecule has 40 valence electrons. The summed E-state index contributed by atoms with van der Waals surface area (Å²) in [6.45, 7) is 3.66. The van der Waals surface area contributed by atoms with Crippen molar-refractivity contribution in [3.8, 4) is 5.64 Å². The Bertz CT molecular complexity index is 147. The Balaban J connectivity index is 3.03. The maximum absolute atomic E-state index is 8.76. The molecule has 0 spiro atoms. The van der Waals surface area contributed by atoms with E-state index in [0.717, 1.165) is 0 Å². The molecule has 0 bridgehead atoms. The van der Waals surface area contributed by atoms with Gasteiger partial charge in [-0.05, 0) is 0 Å². The van der Waals surface area contributed by atoms with Gasteiger partial charge in [0.2, 0.25) is 0 Å². The zero-order valence-corrected chi connectivity index (χ0v) is 4.76. The standard InChI is InChI=1S/C6H7BO/c1-5-2-3-6(8)7-4-5/h2-4,8H,1H3. The molecule has 0 saturated heterocycles. The van der Waals surface area contributed by atoms with Crippen LogP contribution in [0.2, 0.25) is 0 Å². The Labute approximate surface area is 49.2 Å². The Morgan fingerprint density at radius 1 is 1.50 bits per heavy atom. The molecule has 2 heteroatoms. The molecule has 1 nitrogen and oxygen atoms in total. The summed E-state index contributed by atoms with van der Waals surface area (Å²) in [5.41, 5.74) is 1.50. The van der Waals surface area contributed by atoms with Crippen LogP contribution in [0, 0.1) is 6.92 Å². The first-order valence-electron chi connectivity index (χ1n) is 2.54. The van der Waals surface area contributed by atoms with Gasteiger partial charge in [-0.25, -0.2) is 0 Å². The average Bonchev–Trinajstić information content (AvgIpc) is 1.77. The first kappa shape index (κ1) is 5.35. The second-order valence-electron chi connectivity index (χ2n) is 1.84. The van der Waals surface area contributed by atoms with Crippen LogP contribution in [0.4, 0.5) is 0 Å². The van der Waals surface area contributed by atoms with Crippen LogP contribution >= 0.6 is 0 Å². The second kappa shape index (κ2) is 1.99. The topological polar surface area (TPSA) is 20.2 Å². The van der Waals surface area contributed by atoms with Crippen molar-refractivity contribution in [3.63, 3.8) is 0 Å². The summed E-state index contributed by atoms with van der Waals surface area (Å²) in [7, 11) is 0. The van der Waals surface area contributed by atoms with Crippen LogP contribution in [0.1, 0.15) is 5.56 Å². The van der Waals surface area contributed by atoms with Crippen molar-refractivity contribution >= 4 is 6.91 Å². The van der Waals surface area contributed by atoms with E-state index in [2.05, 4.69) is 0 Å². The Morgan fingerprint density at radius 2 is 2.25 bits per heavy atom. The fraction of sp³-hybridized carbons (Fsp3) is 0.167. The SMILES string of the molecule is Cc1cbc(O)cc1. The molecule has 1 heterocycles. The Morgan fingerprint density at radius 3 is 2.62 bits per heavy atom. The van der Waals surface area contributed by atoms with Crippen LogP contribution in [-0.4, -0.2) is 12.0 Å². The van der Waals surface area contributed by atoms with Gasteiger partial charge in [-0.15, -0.1) is 0 Å². The molecule has 0 unspecified atom stereocenters. The third-order valence-electron chi connectivity index (χ3n) is 1.03. The van der Waals surface area contributed by atoms with Crippen molar-refractivity contribution in [2.75, 3.05) is 0 Å². The van der Waals surface area contributed by atoms with Gasteiger partial charge in [0.25, 0.3) is 0 Å². The first-order valence-corrected chi connectivity index (χ1v) is 2.54. The summed E-state index contributed by atoms with van der Waals surface area (Å²) in [5, 5.41) is 8.76. The molecular formula is C6H7BO. The molecule has 0 fully saturated rings. The van der Waals surface area contributed by atoms with Crippen molar-refractivity contribution in [1.29, 1.82) is 0 Å². The molecule has 0 atom stereocenters. The van der Waals surface area contributed by atoms with Gasteiger partial charge in [0.15, 0.2) is 0 Å². The van der Waals surface area contributed by atoms with Crippen LogP contribution in [-0.2, 0) is 0 Å². The van der Waals surface area contributed by atoms with Gasteiger partial charge >= 0.3 is 48.2 Å². The van der Waals surface area contributed by atoms with E-state index < -0.39 is 0 Å². The summed E-state index contributed by atoms with van der Waals surface area (Å²) < 4.78 is 0. The van der Waals surface area contributed by atoms with E-state index in [0.29, 0.717) is 5.64 Å². The average molecular weight is 106 g/mol. The van der Waals surface area contributed by atoms with Crippen LogP contribution in [0.5, 0.6) is 5.64 Å². The molecule has 1 rings (SSSR count). The fourth-order valence-corrected chi connectivity index (χ4v) is 0.545. The third kappa shape index (κ3) is 1.09. The minimum atomic E-state index is 0.329. The molecule has 0 radical (unpaired) electrons. The zero-order valence-electron chi connectivity index (χ0n) is 4.76. The normalized spacial score (nSPS) is 8.62. The van der Waals surface area contributed by atoms with Crippen LogP contribution in [0.15, 0.2) is 18.1 Å². The quantitative estimate of drug-likeness (QED) is 0.523. The summed E-state index contributed by atoms with van der Waals surface area (Å²) in [4.78, 5) is 0. The summed E-state index contributed by atoms with van der Waals surface area (Å²) in [6, 6.07) is 3.55. The Kier molecular flexibility index (Phi) is 1.33. The van der Waals surface area contributed by atoms with Crippen molar-refractivity contribution in [2.45, 2.75) is 6.92 Å². The van der Waals surface area contributed by atoms with Gasteiger partial charge in [-0.2, -0.15) is 0 Å². The van der Waals surface area contributed by atoms with Gasteiger partial charge < -0.3 is 0 Å². The predicted molar refractivity (Wildman–Crippen MR) is 34.2 cm³/mol. The van der Waals surface area contributed by atoms with E-state index in [4.69, 9.17) is 5.11 Å². The minimum absolute atomic E-state index is 0.329. The summed E-state index contributed by atoms with van der Waals surface area (Å²) in [5.74, 6) is 1.87. The third-order valence-corrected chi connectivity index (χ3v) is 1.03. The van der Waals surface area contributed by atoms with E-state index in [-0.39, 0.29) is 0 Å². The number of hydrogen-bond donors (Lipinski definition) is 1. The molecule has 1 N–H and O–H groups in total. The molecule has 0 amide bonds. The van der Waals surface area contributed by atoms with E-state index in [1.807, 2.05) is 19.0 Å². The van der Waals surface area contributed by atoms with Crippen molar-refractivity contribution in [1.82, 2.24) is 0 Å². The van der Waals surface area contributed by atoms with E-state index in [1.54, 1.807) is 13.0 Å². The number of aromatic hydroxyl groups is 1. The second-order valence-corrected chi connectivity index (χ2v) is 1.84. The van der Waals surface area contributed by atoms with Gasteiger partial charge in [-0.3, -0.25) is 0 Å². The van der Waals surface area contributed by atoms with Crippen LogP contribution < -0.4 is 0 Å². The van der Waals surface area contributed by atoms with Crippen molar-refractivity contribution in [2.24, 2.45) is 0 Å². The number of rotatable bonds is 0. The van der Waals surface area contributed by atoms with Gasteiger partial charge in [-0.1, -0.05) is 0 Å². The van der Waals surface area contributed by atoms with Crippen molar-refractivity contribution in [3.05, 3.63) is 23.7 Å². The van der Waals surface area contributed by atoms with Gasteiger partial charge in [0, 0.05) is 0 Å². The molecule has 1 aromatic heterocycles. The van der Waals surface area contributed by atoms with Gasteiger partial charge in [0.1, 0.15) is 0 Å². The molecule has 1 aromatic rings. The van der Waals surface area contributed by atoms with E-state index >= 15 is 0 Å². The number of aryl methyl sites for hydroxylation is 1. The molecule has 0 aliphatic rings. The predicted octanol–water partition coefficient (Wildman–Crippen LogP) is 1.04. The molecule has 0 aromatic carbocycles. The monoisotopic (exact) mass is 106 g/mol. The zero-order chi connectivity index (χ0) is 5.98. The Hall–Kier alpha value is -0.785. The first-order chi connectivity index (χ1) is 3.79. The molecule has 0 saturated carbocycles. The van der Waals surface area contributed by atoms with E-state index in [1.165, 1.54) is 5.56 Å². The van der Waals surface area contributed by atoms with Crippen LogP contribution in [0.25, 0.3) is 0 Å². The molecule has 8 heavy (non-hydrogen) atoms.